The smallest absolute Gasteiger partial charge is 0.0659 e. The maximum absolute atomic E-state index is 10.6. The molecule has 2 rings (SSSR count). The van der Waals surface area contributed by atoms with Crippen LogP contribution in [-0.2, 0) is 4.74 Å². The van der Waals surface area contributed by atoms with Crippen LogP contribution in [0.25, 0.3) is 0 Å². The standard InChI is InChI=1S/C13H25NO2/c1-10-2-4-11(5-3-10)12(15)13(8-14)6-7-16-9-13/h10-12,15H,2-9,14H2,1H3. The highest BCUT2D eigenvalue weighted by Gasteiger charge is 2.44. The Kier molecular flexibility index (Phi) is 3.88. The van der Waals surface area contributed by atoms with Crippen LogP contribution >= 0.6 is 0 Å². The van der Waals surface area contributed by atoms with Crippen LogP contribution in [0.5, 0.6) is 0 Å². The molecule has 2 atom stereocenters. The lowest BCUT2D eigenvalue weighted by atomic mass is 9.70. The monoisotopic (exact) mass is 227 g/mol. The zero-order valence-corrected chi connectivity index (χ0v) is 10.3. The lowest BCUT2D eigenvalue weighted by molar-refractivity contribution is -0.0339. The van der Waals surface area contributed by atoms with E-state index in [0.29, 0.717) is 19.1 Å². The van der Waals surface area contributed by atoms with Crippen molar-refractivity contribution in [2.45, 2.75) is 45.1 Å². The zero-order chi connectivity index (χ0) is 11.6. The second kappa shape index (κ2) is 5.03. The van der Waals surface area contributed by atoms with Crippen LogP contribution in [-0.4, -0.2) is 31.0 Å². The Morgan fingerprint density at radius 1 is 1.38 bits per heavy atom. The lowest BCUT2D eigenvalue weighted by Gasteiger charge is -2.39. The van der Waals surface area contributed by atoms with Crippen molar-refractivity contribution in [1.82, 2.24) is 0 Å². The summed E-state index contributed by atoms with van der Waals surface area (Å²) >= 11 is 0. The number of hydrogen-bond donors (Lipinski definition) is 2. The van der Waals surface area contributed by atoms with Crippen molar-refractivity contribution in [3.05, 3.63) is 0 Å². The first-order valence-corrected chi connectivity index (χ1v) is 6.64. The van der Waals surface area contributed by atoms with Gasteiger partial charge in [0, 0.05) is 18.6 Å². The summed E-state index contributed by atoms with van der Waals surface area (Å²) in [6.07, 6.45) is 5.49. The fraction of sp³-hybridized carbons (Fsp3) is 1.00. The minimum Gasteiger partial charge on any atom is -0.392 e. The van der Waals surface area contributed by atoms with Crippen molar-refractivity contribution in [2.24, 2.45) is 23.0 Å². The molecule has 3 heteroatoms. The summed E-state index contributed by atoms with van der Waals surface area (Å²) in [7, 11) is 0. The molecule has 0 bridgehead atoms. The molecule has 1 aliphatic heterocycles. The van der Waals surface area contributed by atoms with Gasteiger partial charge in [-0.3, -0.25) is 0 Å². The molecule has 94 valence electrons. The van der Waals surface area contributed by atoms with E-state index < -0.39 is 0 Å². The molecule has 1 heterocycles. The van der Waals surface area contributed by atoms with Gasteiger partial charge in [0.1, 0.15) is 0 Å². The number of rotatable bonds is 3. The summed E-state index contributed by atoms with van der Waals surface area (Å²) < 4.78 is 5.44. The molecule has 0 aromatic carbocycles. The molecule has 0 aromatic heterocycles. The lowest BCUT2D eigenvalue weighted by Crippen LogP contribution is -2.47. The molecular weight excluding hydrogens is 202 g/mol. The third-order valence-corrected chi connectivity index (χ3v) is 4.67. The summed E-state index contributed by atoms with van der Waals surface area (Å²) in [5, 5.41) is 10.6. The van der Waals surface area contributed by atoms with E-state index in [4.69, 9.17) is 10.5 Å². The molecule has 1 saturated heterocycles. The highest BCUT2D eigenvalue weighted by molar-refractivity contribution is 4.94. The Bertz CT molecular complexity index is 218. The van der Waals surface area contributed by atoms with E-state index in [1.54, 1.807) is 0 Å². The van der Waals surface area contributed by atoms with Crippen LogP contribution < -0.4 is 5.73 Å². The first-order chi connectivity index (χ1) is 7.68. The maximum Gasteiger partial charge on any atom is 0.0659 e. The average molecular weight is 227 g/mol. The fourth-order valence-electron chi connectivity index (χ4n) is 3.24. The molecule has 0 spiro atoms. The van der Waals surface area contributed by atoms with Gasteiger partial charge in [-0.15, -0.1) is 0 Å². The van der Waals surface area contributed by atoms with Gasteiger partial charge in [0.25, 0.3) is 0 Å². The minimum atomic E-state index is -0.257. The Labute approximate surface area is 98.4 Å². The molecular formula is C13H25NO2. The molecule has 3 nitrogen and oxygen atoms in total. The Morgan fingerprint density at radius 3 is 2.56 bits per heavy atom. The summed E-state index contributed by atoms with van der Waals surface area (Å²) in [6, 6.07) is 0. The van der Waals surface area contributed by atoms with E-state index in [1.807, 2.05) is 0 Å². The Balaban J connectivity index is 1.97. The van der Waals surface area contributed by atoms with Crippen LogP contribution in [0, 0.1) is 17.3 Å². The van der Waals surface area contributed by atoms with E-state index in [0.717, 1.165) is 31.8 Å². The molecule has 1 aliphatic carbocycles. The van der Waals surface area contributed by atoms with Gasteiger partial charge in [0.05, 0.1) is 12.7 Å². The molecule has 3 N–H and O–H groups in total. The summed E-state index contributed by atoms with van der Waals surface area (Å²) in [6.45, 7) is 4.27. The van der Waals surface area contributed by atoms with E-state index in [2.05, 4.69) is 6.92 Å². The number of ether oxygens (including phenoxy) is 1. The molecule has 0 amide bonds. The second-order valence-electron chi connectivity index (χ2n) is 5.83. The predicted molar refractivity (Wildman–Crippen MR) is 64.1 cm³/mol. The van der Waals surface area contributed by atoms with Gasteiger partial charge in [0.15, 0.2) is 0 Å². The highest BCUT2D eigenvalue weighted by Crippen LogP contribution is 2.40. The Hall–Kier alpha value is -0.120. The molecule has 2 fully saturated rings. The topological polar surface area (TPSA) is 55.5 Å². The number of hydrogen-bond acceptors (Lipinski definition) is 3. The number of nitrogens with two attached hydrogens (primary N) is 1. The number of aliphatic hydroxyl groups is 1. The third kappa shape index (κ3) is 2.27. The maximum atomic E-state index is 10.6. The summed E-state index contributed by atoms with van der Waals surface area (Å²) in [5.74, 6) is 1.28. The van der Waals surface area contributed by atoms with Gasteiger partial charge < -0.3 is 15.6 Å². The van der Waals surface area contributed by atoms with Crippen molar-refractivity contribution in [1.29, 1.82) is 0 Å². The first kappa shape index (κ1) is 12.3. The quantitative estimate of drug-likeness (QED) is 0.769. The van der Waals surface area contributed by atoms with Gasteiger partial charge in [0.2, 0.25) is 0 Å². The Morgan fingerprint density at radius 2 is 2.06 bits per heavy atom. The summed E-state index contributed by atoms with van der Waals surface area (Å²) in [4.78, 5) is 0. The molecule has 2 unspecified atom stereocenters. The van der Waals surface area contributed by atoms with Gasteiger partial charge in [-0.25, -0.2) is 0 Å². The van der Waals surface area contributed by atoms with Crippen LogP contribution in [0.4, 0.5) is 0 Å². The SMILES string of the molecule is CC1CCC(C(O)C2(CN)CCOC2)CC1. The highest BCUT2D eigenvalue weighted by atomic mass is 16.5. The molecule has 1 saturated carbocycles. The zero-order valence-electron chi connectivity index (χ0n) is 10.3. The van der Waals surface area contributed by atoms with Crippen molar-refractivity contribution in [2.75, 3.05) is 19.8 Å². The second-order valence-corrected chi connectivity index (χ2v) is 5.83. The van der Waals surface area contributed by atoms with E-state index in [9.17, 15) is 5.11 Å². The fourth-order valence-corrected chi connectivity index (χ4v) is 3.24. The predicted octanol–water partition coefficient (Wildman–Crippen LogP) is 1.54. The van der Waals surface area contributed by atoms with Crippen molar-refractivity contribution < 1.29 is 9.84 Å². The van der Waals surface area contributed by atoms with Crippen molar-refractivity contribution in [3.8, 4) is 0 Å². The van der Waals surface area contributed by atoms with Gasteiger partial charge in [-0.2, -0.15) is 0 Å². The van der Waals surface area contributed by atoms with Crippen molar-refractivity contribution >= 4 is 0 Å². The first-order valence-electron chi connectivity index (χ1n) is 6.64. The van der Waals surface area contributed by atoms with Crippen LogP contribution in [0.15, 0.2) is 0 Å². The van der Waals surface area contributed by atoms with Crippen LogP contribution in [0.2, 0.25) is 0 Å². The van der Waals surface area contributed by atoms with Gasteiger partial charge >= 0.3 is 0 Å². The average Bonchev–Trinajstić information content (AvgIpc) is 2.79. The normalized spacial score (nSPS) is 42.2. The largest absolute Gasteiger partial charge is 0.392 e. The van der Waals surface area contributed by atoms with Crippen LogP contribution in [0.3, 0.4) is 0 Å². The molecule has 0 radical (unpaired) electrons. The molecule has 0 aromatic rings. The number of aliphatic hydroxyl groups excluding tert-OH is 1. The third-order valence-electron chi connectivity index (χ3n) is 4.67. The van der Waals surface area contributed by atoms with Crippen LogP contribution in [0.1, 0.15) is 39.0 Å². The summed E-state index contributed by atoms with van der Waals surface area (Å²) in [5.41, 5.74) is 5.72. The van der Waals surface area contributed by atoms with Crippen molar-refractivity contribution in [3.63, 3.8) is 0 Å². The van der Waals surface area contributed by atoms with E-state index in [-0.39, 0.29) is 11.5 Å². The van der Waals surface area contributed by atoms with Gasteiger partial charge in [-0.05, 0) is 31.1 Å². The van der Waals surface area contributed by atoms with E-state index in [1.165, 1.54) is 12.8 Å². The molecule has 16 heavy (non-hydrogen) atoms. The van der Waals surface area contributed by atoms with Gasteiger partial charge in [-0.1, -0.05) is 19.8 Å². The van der Waals surface area contributed by atoms with E-state index >= 15 is 0 Å². The minimum absolute atomic E-state index is 0.148. The molecule has 2 aliphatic rings.